The molecule has 0 saturated carbocycles. The van der Waals surface area contributed by atoms with E-state index in [0.29, 0.717) is 6.61 Å². The SMILES string of the molecule is CCCCCSCCOc1ccc(/C=C/C(=O)O)cc1. The van der Waals surface area contributed by atoms with E-state index in [4.69, 9.17) is 9.84 Å². The Balaban J connectivity index is 2.20. The Bertz CT molecular complexity index is 412. The average Bonchev–Trinajstić information content (AvgIpc) is 2.45. The third-order valence-corrected chi connectivity index (χ3v) is 3.72. The minimum absolute atomic E-state index is 0.709. The molecule has 0 aliphatic carbocycles. The molecule has 3 nitrogen and oxygen atoms in total. The summed E-state index contributed by atoms with van der Waals surface area (Å²) in [6.45, 7) is 2.92. The van der Waals surface area contributed by atoms with E-state index in [1.54, 1.807) is 6.08 Å². The van der Waals surface area contributed by atoms with Gasteiger partial charge in [0.05, 0.1) is 6.61 Å². The predicted molar refractivity (Wildman–Crippen MR) is 85.5 cm³/mol. The number of benzene rings is 1. The Kier molecular flexibility index (Phi) is 8.63. The lowest BCUT2D eigenvalue weighted by molar-refractivity contribution is -0.131. The van der Waals surface area contributed by atoms with Crippen molar-refractivity contribution in [2.45, 2.75) is 26.2 Å². The molecule has 0 amide bonds. The van der Waals surface area contributed by atoms with E-state index in [1.165, 1.54) is 25.0 Å². The highest BCUT2D eigenvalue weighted by molar-refractivity contribution is 7.99. The van der Waals surface area contributed by atoms with Crippen LogP contribution in [0.5, 0.6) is 5.75 Å². The van der Waals surface area contributed by atoms with E-state index in [9.17, 15) is 4.79 Å². The molecule has 0 aliphatic rings. The first-order valence-electron chi connectivity index (χ1n) is 6.94. The zero-order chi connectivity index (χ0) is 14.6. The van der Waals surface area contributed by atoms with E-state index in [-0.39, 0.29) is 0 Å². The third kappa shape index (κ3) is 7.89. The first-order valence-corrected chi connectivity index (χ1v) is 8.09. The molecule has 0 atom stereocenters. The van der Waals surface area contributed by atoms with Crippen molar-refractivity contribution in [3.05, 3.63) is 35.9 Å². The van der Waals surface area contributed by atoms with Gasteiger partial charge in [-0.25, -0.2) is 4.79 Å². The van der Waals surface area contributed by atoms with Gasteiger partial charge in [-0.1, -0.05) is 31.9 Å². The molecule has 4 heteroatoms. The van der Waals surface area contributed by atoms with Crippen molar-refractivity contribution in [1.82, 2.24) is 0 Å². The molecule has 0 aromatic heterocycles. The van der Waals surface area contributed by atoms with Crippen molar-refractivity contribution in [2.24, 2.45) is 0 Å². The number of unbranched alkanes of at least 4 members (excludes halogenated alkanes) is 2. The van der Waals surface area contributed by atoms with Gasteiger partial charge in [0, 0.05) is 11.8 Å². The maximum Gasteiger partial charge on any atom is 0.328 e. The summed E-state index contributed by atoms with van der Waals surface area (Å²) in [5.41, 5.74) is 0.855. The summed E-state index contributed by atoms with van der Waals surface area (Å²) >= 11 is 1.93. The van der Waals surface area contributed by atoms with Crippen LogP contribution in [0.4, 0.5) is 0 Å². The maximum atomic E-state index is 10.4. The van der Waals surface area contributed by atoms with Crippen LogP contribution in [0.2, 0.25) is 0 Å². The number of hydrogen-bond acceptors (Lipinski definition) is 3. The molecule has 0 radical (unpaired) electrons. The third-order valence-electron chi connectivity index (χ3n) is 2.69. The second-order valence-electron chi connectivity index (χ2n) is 4.41. The van der Waals surface area contributed by atoms with Crippen LogP contribution >= 0.6 is 11.8 Å². The Labute approximate surface area is 125 Å². The van der Waals surface area contributed by atoms with Gasteiger partial charge in [0.2, 0.25) is 0 Å². The molecule has 20 heavy (non-hydrogen) atoms. The van der Waals surface area contributed by atoms with Gasteiger partial charge < -0.3 is 9.84 Å². The van der Waals surface area contributed by atoms with Gasteiger partial charge in [-0.05, 0) is 35.9 Å². The average molecular weight is 294 g/mol. The van der Waals surface area contributed by atoms with Gasteiger partial charge >= 0.3 is 5.97 Å². The largest absolute Gasteiger partial charge is 0.493 e. The van der Waals surface area contributed by atoms with Crippen LogP contribution in [0.1, 0.15) is 31.7 Å². The van der Waals surface area contributed by atoms with E-state index in [1.807, 2.05) is 36.0 Å². The fourth-order valence-electron chi connectivity index (χ4n) is 1.62. The molecule has 0 heterocycles. The Morgan fingerprint density at radius 3 is 2.65 bits per heavy atom. The first kappa shape index (κ1) is 16.6. The van der Waals surface area contributed by atoms with Crippen LogP contribution < -0.4 is 4.74 Å². The molecular formula is C16H22O3S. The van der Waals surface area contributed by atoms with Gasteiger partial charge in [0.1, 0.15) is 5.75 Å². The van der Waals surface area contributed by atoms with Gasteiger partial charge in [0.25, 0.3) is 0 Å². The Morgan fingerprint density at radius 1 is 1.25 bits per heavy atom. The molecular weight excluding hydrogens is 272 g/mol. The Hall–Kier alpha value is -1.42. The van der Waals surface area contributed by atoms with E-state index in [0.717, 1.165) is 23.1 Å². The molecule has 0 spiro atoms. The maximum absolute atomic E-state index is 10.4. The lowest BCUT2D eigenvalue weighted by Crippen LogP contribution is -2.00. The summed E-state index contributed by atoms with van der Waals surface area (Å²) in [6, 6.07) is 7.43. The van der Waals surface area contributed by atoms with Crippen molar-refractivity contribution in [3.8, 4) is 5.75 Å². The van der Waals surface area contributed by atoms with Crippen LogP contribution in [-0.2, 0) is 4.79 Å². The predicted octanol–water partition coefficient (Wildman–Crippen LogP) is 4.09. The lowest BCUT2D eigenvalue weighted by Gasteiger charge is -2.06. The van der Waals surface area contributed by atoms with Crippen LogP contribution in [0.15, 0.2) is 30.3 Å². The van der Waals surface area contributed by atoms with Crippen molar-refractivity contribution in [1.29, 1.82) is 0 Å². The fourth-order valence-corrected chi connectivity index (χ4v) is 2.43. The van der Waals surface area contributed by atoms with Crippen molar-refractivity contribution in [3.63, 3.8) is 0 Å². The van der Waals surface area contributed by atoms with E-state index in [2.05, 4.69) is 6.92 Å². The van der Waals surface area contributed by atoms with Crippen LogP contribution in [-0.4, -0.2) is 29.2 Å². The highest BCUT2D eigenvalue weighted by atomic mass is 32.2. The summed E-state index contributed by atoms with van der Waals surface area (Å²) in [7, 11) is 0. The second kappa shape index (κ2) is 10.4. The molecule has 0 fully saturated rings. The van der Waals surface area contributed by atoms with Crippen molar-refractivity contribution >= 4 is 23.8 Å². The standard InChI is InChI=1S/C16H22O3S/c1-2-3-4-12-20-13-11-19-15-8-5-14(6-9-15)7-10-16(17)18/h5-10H,2-4,11-13H2,1H3,(H,17,18)/b10-7+. The van der Waals surface area contributed by atoms with Crippen molar-refractivity contribution < 1.29 is 14.6 Å². The Morgan fingerprint density at radius 2 is 2.00 bits per heavy atom. The number of rotatable bonds is 10. The zero-order valence-electron chi connectivity index (χ0n) is 11.9. The minimum atomic E-state index is -0.939. The van der Waals surface area contributed by atoms with Crippen LogP contribution in [0.25, 0.3) is 6.08 Å². The quantitative estimate of drug-likeness (QED) is 0.521. The summed E-state index contributed by atoms with van der Waals surface area (Å²) in [4.78, 5) is 10.4. The fraction of sp³-hybridized carbons (Fsp3) is 0.438. The van der Waals surface area contributed by atoms with Gasteiger partial charge in [-0.3, -0.25) is 0 Å². The minimum Gasteiger partial charge on any atom is -0.493 e. The number of carboxylic acids is 1. The van der Waals surface area contributed by atoms with E-state index >= 15 is 0 Å². The summed E-state index contributed by atoms with van der Waals surface area (Å²) in [5.74, 6) is 2.09. The molecule has 0 unspecified atom stereocenters. The molecule has 1 N–H and O–H groups in total. The number of ether oxygens (including phenoxy) is 1. The number of carboxylic acid groups (broad SMARTS) is 1. The molecule has 0 saturated heterocycles. The van der Waals surface area contributed by atoms with E-state index < -0.39 is 5.97 Å². The van der Waals surface area contributed by atoms with Gasteiger partial charge in [0.15, 0.2) is 0 Å². The van der Waals surface area contributed by atoms with Gasteiger partial charge in [-0.15, -0.1) is 0 Å². The monoisotopic (exact) mass is 294 g/mol. The number of hydrogen-bond donors (Lipinski definition) is 1. The van der Waals surface area contributed by atoms with Crippen molar-refractivity contribution in [2.75, 3.05) is 18.1 Å². The molecule has 0 aliphatic heterocycles. The normalized spacial score (nSPS) is 10.8. The molecule has 110 valence electrons. The molecule has 1 aromatic rings. The molecule has 0 bridgehead atoms. The smallest absolute Gasteiger partial charge is 0.328 e. The highest BCUT2D eigenvalue weighted by Crippen LogP contribution is 2.14. The first-order chi connectivity index (χ1) is 9.72. The highest BCUT2D eigenvalue weighted by Gasteiger charge is 1.95. The number of aliphatic carboxylic acids is 1. The topological polar surface area (TPSA) is 46.5 Å². The van der Waals surface area contributed by atoms with Gasteiger partial charge in [-0.2, -0.15) is 11.8 Å². The van der Waals surface area contributed by atoms with Crippen LogP contribution in [0.3, 0.4) is 0 Å². The van der Waals surface area contributed by atoms with Crippen LogP contribution in [0, 0.1) is 0 Å². The molecule has 1 rings (SSSR count). The summed E-state index contributed by atoms with van der Waals surface area (Å²) < 4.78 is 5.63. The zero-order valence-corrected chi connectivity index (χ0v) is 12.7. The molecule has 1 aromatic carbocycles. The lowest BCUT2D eigenvalue weighted by atomic mass is 10.2. The summed E-state index contributed by atoms with van der Waals surface area (Å²) in [5, 5.41) is 8.54. The summed E-state index contributed by atoms with van der Waals surface area (Å²) in [6.07, 6.45) is 6.54. The second-order valence-corrected chi connectivity index (χ2v) is 5.63. The number of thioether (sulfide) groups is 1. The number of carbonyl (C=O) groups is 1.